The predicted molar refractivity (Wildman–Crippen MR) is 42.5 cm³/mol. The van der Waals surface area contributed by atoms with Crippen LogP contribution in [-0.4, -0.2) is 37.6 Å². The minimum absolute atomic E-state index is 0.286. The molecule has 1 heterocycles. The molecule has 1 aliphatic rings. The van der Waals surface area contributed by atoms with Crippen LogP contribution in [0.15, 0.2) is 5.10 Å². The number of carbonyl (C=O) groups is 1. The van der Waals surface area contributed by atoms with Crippen molar-refractivity contribution in [1.82, 2.24) is 16.1 Å². The van der Waals surface area contributed by atoms with E-state index >= 15 is 0 Å². The van der Waals surface area contributed by atoms with Crippen molar-refractivity contribution in [3.63, 3.8) is 0 Å². The van der Waals surface area contributed by atoms with Crippen molar-refractivity contribution >= 4 is 11.7 Å². The number of amides is 1. The third kappa shape index (κ3) is 3.21. The third-order valence-electron chi connectivity index (χ3n) is 1.47. The lowest BCUT2D eigenvalue weighted by Gasteiger charge is -2.16. The second-order valence-corrected chi connectivity index (χ2v) is 2.60. The normalized spacial score (nSPS) is 20.4. The predicted octanol–water partition coefficient (Wildman–Crippen LogP) is -0.829. The van der Waals surface area contributed by atoms with Gasteiger partial charge in [0.1, 0.15) is 5.84 Å². The first-order valence-electron chi connectivity index (χ1n) is 3.88. The fraction of sp³-hybridized carbons (Fsp3) is 0.667. The Hall–Kier alpha value is -1.31. The van der Waals surface area contributed by atoms with Gasteiger partial charge in [-0.2, -0.15) is 18.3 Å². The Morgan fingerprint density at radius 2 is 2.14 bits per heavy atom. The van der Waals surface area contributed by atoms with E-state index in [1.54, 1.807) is 0 Å². The Morgan fingerprint density at radius 3 is 2.64 bits per heavy atom. The molecule has 0 spiro atoms. The number of rotatable bonds is 1. The van der Waals surface area contributed by atoms with Crippen LogP contribution in [0.3, 0.4) is 0 Å². The molecule has 1 aliphatic heterocycles. The van der Waals surface area contributed by atoms with E-state index in [2.05, 4.69) is 15.7 Å². The number of nitrogens with one attached hydrogen (secondary N) is 3. The number of halogens is 3. The molecule has 0 aromatic heterocycles. The van der Waals surface area contributed by atoms with Crippen LogP contribution in [0.5, 0.6) is 0 Å². The minimum atomic E-state index is -4.90. The van der Waals surface area contributed by atoms with E-state index in [-0.39, 0.29) is 5.84 Å². The lowest BCUT2D eigenvalue weighted by Crippen LogP contribution is -2.46. The molecule has 0 aromatic carbocycles. The molecular weight excluding hydrogens is 201 g/mol. The summed E-state index contributed by atoms with van der Waals surface area (Å²) in [6.45, 7) is 1.60. The van der Waals surface area contributed by atoms with Gasteiger partial charge in [-0.1, -0.05) is 0 Å². The SMILES string of the molecule is O=C(N/N=C1/CNCCN1)C(F)(F)F. The summed E-state index contributed by atoms with van der Waals surface area (Å²) in [5, 5.41) is 8.88. The van der Waals surface area contributed by atoms with E-state index in [4.69, 9.17) is 0 Å². The Bertz CT molecular complexity index is 242. The van der Waals surface area contributed by atoms with Crippen molar-refractivity contribution in [2.45, 2.75) is 6.18 Å². The number of hydrazone groups is 1. The number of piperazine rings is 1. The van der Waals surface area contributed by atoms with E-state index < -0.39 is 12.1 Å². The summed E-state index contributed by atoms with van der Waals surface area (Å²) in [6.07, 6.45) is -4.90. The monoisotopic (exact) mass is 210 g/mol. The lowest BCUT2D eigenvalue weighted by molar-refractivity contribution is -0.173. The number of nitrogens with zero attached hydrogens (tertiary/aromatic N) is 1. The molecular formula is C6H9F3N4O. The number of hydrogen-bond acceptors (Lipinski definition) is 3. The fourth-order valence-corrected chi connectivity index (χ4v) is 0.825. The van der Waals surface area contributed by atoms with Gasteiger partial charge in [-0.15, -0.1) is 0 Å². The second kappa shape index (κ2) is 4.27. The average molecular weight is 210 g/mol. The van der Waals surface area contributed by atoms with Gasteiger partial charge >= 0.3 is 12.1 Å². The summed E-state index contributed by atoms with van der Waals surface area (Å²) in [6, 6.07) is 0. The first kappa shape index (κ1) is 10.8. The zero-order valence-electron chi connectivity index (χ0n) is 7.11. The van der Waals surface area contributed by atoms with Crippen molar-refractivity contribution in [3.8, 4) is 0 Å². The Labute approximate surface area is 77.7 Å². The Kier molecular flexibility index (Phi) is 3.28. The number of amidine groups is 1. The average Bonchev–Trinajstić information content (AvgIpc) is 2.14. The highest BCUT2D eigenvalue weighted by atomic mass is 19.4. The highest BCUT2D eigenvalue weighted by Gasteiger charge is 2.38. The van der Waals surface area contributed by atoms with Crippen LogP contribution in [0.25, 0.3) is 0 Å². The van der Waals surface area contributed by atoms with Gasteiger partial charge in [0.2, 0.25) is 0 Å². The summed E-state index contributed by atoms with van der Waals surface area (Å²) in [5.41, 5.74) is 1.41. The molecule has 1 saturated heterocycles. The van der Waals surface area contributed by atoms with E-state index in [1.165, 1.54) is 5.43 Å². The highest BCUT2D eigenvalue weighted by Crippen LogP contribution is 2.13. The summed E-state index contributed by atoms with van der Waals surface area (Å²) >= 11 is 0. The minimum Gasteiger partial charge on any atom is -0.370 e. The zero-order valence-corrected chi connectivity index (χ0v) is 7.11. The van der Waals surface area contributed by atoms with Gasteiger partial charge in [-0.05, 0) is 0 Å². The van der Waals surface area contributed by atoms with Gasteiger partial charge in [0.25, 0.3) is 0 Å². The van der Waals surface area contributed by atoms with Gasteiger partial charge in [-0.3, -0.25) is 4.79 Å². The fourth-order valence-electron chi connectivity index (χ4n) is 0.825. The smallest absolute Gasteiger partial charge is 0.370 e. The molecule has 0 radical (unpaired) electrons. The molecule has 0 aliphatic carbocycles. The molecule has 1 fully saturated rings. The molecule has 14 heavy (non-hydrogen) atoms. The largest absolute Gasteiger partial charge is 0.473 e. The first-order valence-corrected chi connectivity index (χ1v) is 3.88. The van der Waals surface area contributed by atoms with Crippen LogP contribution in [0.1, 0.15) is 0 Å². The van der Waals surface area contributed by atoms with Crippen molar-refractivity contribution in [2.24, 2.45) is 5.10 Å². The van der Waals surface area contributed by atoms with Crippen LogP contribution < -0.4 is 16.1 Å². The lowest BCUT2D eigenvalue weighted by atomic mass is 10.4. The van der Waals surface area contributed by atoms with Gasteiger partial charge in [0.05, 0.1) is 6.54 Å². The molecule has 80 valence electrons. The van der Waals surface area contributed by atoms with Crippen molar-refractivity contribution in [3.05, 3.63) is 0 Å². The molecule has 0 saturated carbocycles. The Balaban J connectivity index is 2.41. The van der Waals surface area contributed by atoms with Crippen LogP contribution in [-0.2, 0) is 4.79 Å². The molecule has 3 N–H and O–H groups in total. The van der Waals surface area contributed by atoms with Crippen LogP contribution >= 0.6 is 0 Å². The van der Waals surface area contributed by atoms with Crippen molar-refractivity contribution < 1.29 is 18.0 Å². The summed E-state index contributed by atoms with van der Waals surface area (Å²) in [7, 11) is 0. The summed E-state index contributed by atoms with van der Waals surface area (Å²) in [5.74, 6) is -1.79. The topological polar surface area (TPSA) is 65.5 Å². The standard InChI is InChI=1S/C6H9F3N4O/c7-6(8,9)5(14)13-12-4-3-10-1-2-11-4/h10H,1-3H2,(H,11,12)(H,13,14). The van der Waals surface area contributed by atoms with E-state index in [0.717, 1.165) is 0 Å². The maximum Gasteiger partial charge on any atom is 0.473 e. The van der Waals surface area contributed by atoms with Crippen molar-refractivity contribution in [1.29, 1.82) is 0 Å². The first-order chi connectivity index (χ1) is 6.50. The maximum atomic E-state index is 11.7. The van der Waals surface area contributed by atoms with Crippen LogP contribution in [0, 0.1) is 0 Å². The van der Waals surface area contributed by atoms with Crippen LogP contribution in [0.2, 0.25) is 0 Å². The quantitative estimate of drug-likeness (QED) is 0.495. The van der Waals surface area contributed by atoms with Crippen LogP contribution in [0.4, 0.5) is 13.2 Å². The molecule has 1 rings (SSSR count). The molecule has 5 nitrogen and oxygen atoms in total. The van der Waals surface area contributed by atoms with E-state index in [1.807, 2.05) is 0 Å². The highest BCUT2D eigenvalue weighted by molar-refractivity contribution is 5.87. The molecule has 8 heteroatoms. The van der Waals surface area contributed by atoms with Gasteiger partial charge in [-0.25, -0.2) is 5.43 Å². The molecule has 0 atom stereocenters. The second-order valence-electron chi connectivity index (χ2n) is 2.60. The van der Waals surface area contributed by atoms with Gasteiger partial charge < -0.3 is 10.6 Å². The Morgan fingerprint density at radius 1 is 1.43 bits per heavy atom. The van der Waals surface area contributed by atoms with Crippen molar-refractivity contribution in [2.75, 3.05) is 19.6 Å². The maximum absolute atomic E-state index is 11.7. The zero-order chi connectivity index (χ0) is 10.6. The number of alkyl halides is 3. The molecule has 0 aromatic rings. The number of carbonyl (C=O) groups excluding carboxylic acids is 1. The molecule has 0 bridgehead atoms. The van der Waals surface area contributed by atoms with E-state index in [0.29, 0.717) is 19.6 Å². The summed E-state index contributed by atoms with van der Waals surface area (Å²) in [4.78, 5) is 10.3. The van der Waals surface area contributed by atoms with E-state index in [9.17, 15) is 18.0 Å². The molecule has 0 unspecified atom stereocenters. The number of hydrogen-bond donors (Lipinski definition) is 3. The van der Waals surface area contributed by atoms with Gasteiger partial charge in [0, 0.05) is 13.1 Å². The van der Waals surface area contributed by atoms with Gasteiger partial charge in [0.15, 0.2) is 0 Å². The summed E-state index contributed by atoms with van der Waals surface area (Å²) < 4.78 is 35.1. The third-order valence-corrected chi connectivity index (χ3v) is 1.47. The molecule has 1 amide bonds.